The Morgan fingerprint density at radius 2 is 2.11 bits per heavy atom. The van der Waals surface area contributed by atoms with Crippen LogP contribution in [0.5, 0.6) is 0 Å². The van der Waals surface area contributed by atoms with Gasteiger partial charge in [0, 0.05) is 12.2 Å². The Hall–Kier alpha value is -2.03. The van der Waals surface area contributed by atoms with Gasteiger partial charge < -0.3 is 9.32 Å². The summed E-state index contributed by atoms with van der Waals surface area (Å²) in [6, 6.07) is 11.6. The summed E-state index contributed by atoms with van der Waals surface area (Å²) in [5.41, 5.74) is 2.25. The number of furan rings is 1. The standard InChI is InChI=1S/C15H15NO2/c1-11-8-9-16(13-6-3-2-5-12(11)13)15(17)14-7-4-10-18-14/h2-7,10-11H,8-9H2,1H3. The van der Waals surface area contributed by atoms with Gasteiger partial charge in [-0.2, -0.15) is 0 Å². The monoisotopic (exact) mass is 241 g/mol. The average molecular weight is 241 g/mol. The van der Waals surface area contributed by atoms with Gasteiger partial charge in [-0.15, -0.1) is 0 Å². The zero-order chi connectivity index (χ0) is 12.5. The van der Waals surface area contributed by atoms with Gasteiger partial charge in [-0.1, -0.05) is 25.1 Å². The second-order valence-corrected chi connectivity index (χ2v) is 4.68. The maximum Gasteiger partial charge on any atom is 0.293 e. The minimum absolute atomic E-state index is 0.0562. The van der Waals surface area contributed by atoms with Gasteiger partial charge in [-0.05, 0) is 36.1 Å². The van der Waals surface area contributed by atoms with Crippen LogP contribution < -0.4 is 4.90 Å². The van der Waals surface area contributed by atoms with Crippen LogP contribution in [0.1, 0.15) is 35.4 Å². The molecule has 2 aromatic rings. The highest BCUT2D eigenvalue weighted by molar-refractivity contribution is 6.05. The van der Waals surface area contributed by atoms with Crippen molar-refractivity contribution in [1.29, 1.82) is 0 Å². The number of hydrogen-bond donors (Lipinski definition) is 0. The highest BCUT2D eigenvalue weighted by atomic mass is 16.3. The van der Waals surface area contributed by atoms with E-state index in [1.807, 2.05) is 23.1 Å². The van der Waals surface area contributed by atoms with E-state index in [2.05, 4.69) is 13.0 Å². The van der Waals surface area contributed by atoms with Crippen molar-refractivity contribution >= 4 is 11.6 Å². The first-order chi connectivity index (χ1) is 8.77. The zero-order valence-corrected chi connectivity index (χ0v) is 10.3. The Bertz CT molecular complexity index is 560. The van der Waals surface area contributed by atoms with E-state index in [9.17, 15) is 4.79 Å². The van der Waals surface area contributed by atoms with Crippen LogP contribution in [0.25, 0.3) is 0 Å². The third kappa shape index (κ3) is 1.72. The highest BCUT2D eigenvalue weighted by Crippen LogP contribution is 2.35. The summed E-state index contributed by atoms with van der Waals surface area (Å²) in [7, 11) is 0. The molecule has 92 valence electrons. The van der Waals surface area contributed by atoms with Gasteiger partial charge in [0.05, 0.1) is 6.26 Å². The molecule has 1 aromatic carbocycles. The molecule has 0 aliphatic carbocycles. The van der Waals surface area contributed by atoms with Crippen LogP contribution in [0.3, 0.4) is 0 Å². The second-order valence-electron chi connectivity index (χ2n) is 4.68. The van der Waals surface area contributed by atoms with Crippen LogP contribution >= 0.6 is 0 Å². The molecule has 3 nitrogen and oxygen atoms in total. The Morgan fingerprint density at radius 3 is 2.89 bits per heavy atom. The van der Waals surface area contributed by atoms with E-state index in [1.165, 1.54) is 11.8 Å². The van der Waals surface area contributed by atoms with Crippen molar-refractivity contribution in [3.8, 4) is 0 Å². The molecule has 1 aliphatic rings. The molecule has 1 aromatic heterocycles. The molecule has 1 aliphatic heterocycles. The van der Waals surface area contributed by atoms with E-state index in [-0.39, 0.29) is 5.91 Å². The normalized spacial score (nSPS) is 18.5. The van der Waals surface area contributed by atoms with E-state index in [4.69, 9.17) is 4.42 Å². The Balaban J connectivity index is 2.00. The van der Waals surface area contributed by atoms with E-state index < -0.39 is 0 Å². The molecule has 0 radical (unpaired) electrons. The third-order valence-electron chi connectivity index (χ3n) is 3.52. The molecular formula is C15H15NO2. The summed E-state index contributed by atoms with van der Waals surface area (Å²) in [6.07, 6.45) is 2.52. The lowest BCUT2D eigenvalue weighted by Crippen LogP contribution is -2.36. The average Bonchev–Trinajstić information content (AvgIpc) is 2.93. The highest BCUT2D eigenvalue weighted by Gasteiger charge is 2.27. The van der Waals surface area contributed by atoms with Crippen LogP contribution in [-0.4, -0.2) is 12.5 Å². The minimum Gasteiger partial charge on any atom is -0.459 e. The summed E-state index contributed by atoms with van der Waals surface area (Å²) in [5, 5.41) is 0. The number of fused-ring (bicyclic) bond motifs is 1. The summed E-state index contributed by atoms with van der Waals surface area (Å²) < 4.78 is 5.20. The van der Waals surface area contributed by atoms with E-state index in [0.29, 0.717) is 11.7 Å². The largest absolute Gasteiger partial charge is 0.459 e. The zero-order valence-electron chi connectivity index (χ0n) is 10.3. The molecule has 18 heavy (non-hydrogen) atoms. The molecule has 0 saturated heterocycles. The van der Waals surface area contributed by atoms with Gasteiger partial charge in [0.1, 0.15) is 0 Å². The molecule has 0 N–H and O–H groups in total. The van der Waals surface area contributed by atoms with Gasteiger partial charge in [-0.25, -0.2) is 0 Å². The fraction of sp³-hybridized carbons (Fsp3) is 0.267. The first kappa shape index (κ1) is 11.1. The molecule has 3 rings (SSSR count). The first-order valence-electron chi connectivity index (χ1n) is 6.21. The SMILES string of the molecule is CC1CCN(C(=O)c2ccco2)c2ccccc21. The van der Waals surface area contributed by atoms with E-state index >= 15 is 0 Å². The number of hydrogen-bond acceptors (Lipinski definition) is 2. The van der Waals surface area contributed by atoms with Crippen molar-refractivity contribution < 1.29 is 9.21 Å². The van der Waals surface area contributed by atoms with Crippen LogP contribution in [-0.2, 0) is 0 Å². The molecule has 1 amide bonds. The lowest BCUT2D eigenvalue weighted by Gasteiger charge is -2.32. The van der Waals surface area contributed by atoms with Gasteiger partial charge >= 0.3 is 0 Å². The van der Waals surface area contributed by atoms with Gasteiger partial charge in [0.2, 0.25) is 0 Å². The van der Waals surface area contributed by atoms with Gasteiger partial charge in [-0.3, -0.25) is 4.79 Å². The fourth-order valence-corrected chi connectivity index (χ4v) is 2.49. The number of para-hydroxylation sites is 1. The number of carbonyl (C=O) groups is 1. The Morgan fingerprint density at radius 1 is 1.28 bits per heavy atom. The quantitative estimate of drug-likeness (QED) is 0.766. The van der Waals surface area contributed by atoms with Crippen molar-refractivity contribution in [2.75, 3.05) is 11.4 Å². The Labute approximate surface area is 106 Å². The number of benzene rings is 1. The van der Waals surface area contributed by atoms with Crippen LogP contribution in [0.4, 0.5) is 5.69 Å². The number of nitrogens with zero attached hydrogens (tertiary/aromatic N) is 1. The number of amides is 1. The van der Waals surface area contributed by atoms with Crippen molar-refractivity contribution in [1.82, 2.24) is 0 Å². The lowest BCUT2D eigenvalue weighted by molar-refractivity contribution is 0.0957. The second kappa shape index (κ2) is 4.33. The van der Waals surface area contributed by atoms with Crippen LogP contribution in [0, 0.1) is 0 Å². The molecular weight excluding hydrogens is 226 g/mol. The van der Waals surface area contributed by atoms with Crippen LogP contribution in [0.2, 0.25) is 0 Å². The lowest BCUT2D eigenvalue weighted by atomic mass is 9.91. The molecule has 0 saturated carbocycles. The Kier molecular flexibility index (Phi) is 2.67. The summed E-state index contributed by atoms with van der Waals surface area (Å²) in [5.74, 6) is 0.848. The van der Waals surface area contributed by atoms with Gasteiger partial charge in [0.25, 0.3) is 5.91 Å². The predicted molar refractivity (Wildman–Crippen MR) is 69.9 cm³/mol. The summed E-state index contributed by atoms with van der Waals surface area (Å²) in [4.78, 5) is 14.2. The third-order valence-corrected chi connectivity index (χ3v) is 3.52. The predicted octanol–water partition coefficient (Wildman–Crippen LogP) is 3.43. The molecule has 3 heteroatoms. The molecule has 1 unspecified atom stereocenters. The maximum atomic E-state index is 12.4. The summed E-state index contributed by atoms with van der Waals surface area (Å²) in [6.45, 7) is 2.95. The number of anilines is 1. The molecule has 2 heterocycles. The van der Waals surface area contributed by atoms with Crippen molar-refractivity contribution in [3.63, 3.8) is 0 Å². The maximum absolute atomic E-state index is 12.4. The number of rotatable bonds is 1. The van der Waals surface area contributed by atoms with Gasteiger partial charge in [0.15, 0.2) is 5.76 Å². The first-order valence-corrected chi connectivity index (χ1v) is 6.21. The minimum atomic E-state index is -0.0562. The fourth-order valence-electron chi connectivity index (χ4n) is 2.49. The number of carbonyl (C=O) groups excluding carboxylic acids is 1. The molecule has 1 atom stereocenters. The molecule has 0 spiro atoms. The summed E-state index contributed by atoms with van der Waals surface area (Å²) >= 11 is 0. The van der Waals surface area contributed by atoms with Crippen molar-refractivity contribution in [2.45, 2.75) is 19.3 Å². The van der Waals surface area contributed by atoms with E-state index in [1.54, 1.807) is 12.1 Å². The van der Waals surface area contributed by atoms with E-state index in [0.717, 1.165) is 18.7 Å². The smallest absolute Gasteiger partial charge is 0.293 e. The molecule has 0 bridgehead atoms. The molecule has 0 fully saturated rings. The van der Waals surface area contributed by atoms with Crippen molar-refractivity contribution in [2.24, 2.45) is 0 Å². The van der Waals surface area contributed by atoms with Crippen molar-refractivity contribution in [3.05, 3.63) is 54.0 Å². The van der Waals surface area contributed by atoms with Crippen LogP contribution in [0.15, 0.2) is 47.1 Å². The topological polar surface area (TPSA) is 33.5 Å².